The predicted molar refractivity (Wildman–Crippen MR) is 156 cm³/mol. The van der Waals surface area contributed by atoms with Gasteiger partial charge in [-0.25, -0.2) is 4.79 Å². The Morgan fingerprint density at radius 2 is 1.34 bits per heavy atom. The highest BCUT2D eigenvalue weighted by atomic mass is 16.4. The smallest absolute Gasteiger partial charge is 0.326 e. The summed E-state index contributed by atoms with van der Waals surface area (Å²) in [4.78, 5) is 56.9. The first kappa shape index (κ1) is 29.3. The molecule has 4 aromatic rings. The van der Waals surface area contributed by atoms with E-state index in [1.165, 1.54) is 0 Å². The van der Waals surface area contributed by atoms with Crippen LogP contribution in [0.4, 0.5) is 0 Å². The van der Waals surface area contributed by atoms with Crippen LogP contribution < -0.4 is 21.7 Å². The molecule has 0 saturated carbocycles. The second-order valence-corrected chi connectivity index (χ2v) is 10.6. The van der Waals surface area contributed by atoms with Crippen molar-refractivity contribution < 1.29 is 24.3 Å². The Balaban J connectivity index is 1.42. The van der Waals surface area contributed by atoms with Crippen molar-refractivity contribution in [2.24, 2.45) is 11.7 Å². The number of para-hydroxylation sites is 2. The number of hydrogen-bond donors (Lipinski definition) is 7. The standard InChI is InChI=1S/C30H36N6O5/c1-17(2)11-22(31)28(38)36-25(12-18-14-32-23-9-5-3-7-20(18)23)29(39)34-16-27(37)35-26(30(40)41)13-19-15-33-24-10-6-4-8-21(19)24/h3-10,14-15,17,22,25-26,32-33H,11-13,16,31H2,1-2H3,(H,34,39)(H,35,37)(H,36,38)(H,40,41). The van der Waals surface area contributed by atoms with Gasteiger partial charge in [-0.2, -0.15) is 0 Å². The van der Waals surface area contributed by atoms with Crippen LogP contribution in [0.5, 0.6) is 0 Å². The molecule has 0 aliphatic carbocycles. The fourth-order valence-corrected chi connectivity index (χ4v) is 4.88. The van der Waals surface area contributed by atoms with E-state index in [1.54, 1.807) is 12.4 Å². The largest absolute Gasteiger partial charge is 0.480 e. The third-order valence-electron chi connectivity index (χ3n) is 6.95. The highest BCUT2D eigenvalue weighted by Gasteiger charge is 2.27. The SMILES string of the molecule is CC(C)CC(N)C(=O)NC(Cc1c[nH]c2ccccc12)C(=O)NCC(=O)NC(Cc1c[nH]c2ccccc12)C(=O)O. The molecule has 0 spiro atoms. The Labute approximate surface area is 237 Å². The van der Waals surface area contributed by atoms with Crippen molar-refractivity contribution in [2.75, 3.05) is 6.54 Å². The minimum absolute atomic E-state index is 0.0615. The first-order chi connectivity index (χ1) is 19.6. The van der Waals surface area contributed by atoms with Crippen LogP contribution in [0.2, 0.25) is 0 Å². The highest BCUT2D eigenvalue weighted by Crippen LogP contribution is 2.20. The first-order valence-corrected chi connectivity index (χ1v) is 13.6. The Hall–Kier alpha value is -4.64. The van der Waals surface area contributed by atoms with Gasteiger partial charge in [0.15, 0.2) is 0 Å². The number of fused-ring (bicyclic) bond motifs is 2. The molecule has 3 unspecified atom stereocenters. The second-order valence-electron chi connectivity index (χ2n) is 10.6. The minimum Gasteiger partial charge on any atom is -0.480 e. The minimum atomic E-state index is -1.20. The van der Waals surface area contributed by atoms with Gasteiger partial charge in [-0.3, -0.25) is 14.4 Å². The van der Waals surface area contributed by atoms with E-state index >= 15 is 0 Å². The monoisotopic (exact) mass is 560 g/mol. The third kappa shape index (κ3) is 7.52. The van der Waals surface area contributed by atoms with E-state index in [0.29, 0.717) is 6.42 Å². The lowest BCUT2D eigenvalue weighted by molar-refractivity contribution is -0.141. The fraction of sp³-hybridized carbons (Fsp3) is 0.333. The Morgan fingerprint density at radius 3 is 1.88 bits per heavy atom. The lowest BCUT2D eigenvalue weighted by Gasteiger charge is -2.21. The fourth-order valence-electron chi connectivity index (χ4n) is 4.88. The number of rotatable bonds is 13. The summed E-state index contributed by atoms with van der Waals surface area (Å²) in [5.74, 6) is -2.73. The molecule has 11 nitrogen and oxygen atoms in total. The molecule has 0 bridgehead atoms. The van der Waals surface area contributed by atoms with E-state index in [2.05, 4.69) is 25.9 Å². The number of nitrogens with two attached hydrogens (primary N) is 1. The second kappa shape index (κ2) is 13.1. The summed E-state index contributed by atoms with van der Waals surface area (Å²) in [6.45, 7) is 3.43. The number of carbonyl (C=O) groups excluding carboxylic acids is 3. The van der Waals surface area contributed by atoms with E-state index in [4.69, 9.17) is 5.73 Å². The summed E-state index contributed by atoms with van der Waals surface area (Å²) in [6.07, 6.45) is 4.17. The summed E-state index contributed by atoms with van der Waals surface area (Å²) in [5.41, 5.74) is 9.36. The van der Waals surface area contributed by atoms with Gasteiger partial charge in [0.25, 0.3) is 0 Å². The number of hydrogen-bond acceptors (Lipinski definition) is 5. The van der Waals surface area contributed by atoms with Crippen LogP contribution in [0.15, 0.2) is 60.9 Å². The summed E-state index contributed by atoms with van der Waals surface area (Å²) in [6, 6.07) is 12.1. The average Bonchev–Trinajstić information content (AvgIpc) is 3.54. The maximum atomic E-state index is 13.2. The zero-order chi connectivity index (χ0) is 29.5. The average molecular weight is 561 g/mol. The maximum absolute atomic E-state index is 13.2. The molecule has 2 aromatic carbocycles. The van der Waals surface area contributed by atoms with Gasteiger partial charge in [-0.05, 0) is 35.6 Å². The van der Waals surface area contributed by atoms with E-state index in [1.807, 2.05) is 62.4 Å². The molecule has 2 heterocycles. The van der Waals surface area contributed by atoms with Crippen LogP contribution in [0.25, 0.3) is 21.8 Å². The number of nitrogens with one attached hydrogen (secondary N) is 5. The molecule has 0 aliphatic rings. The maximum Gasteiger partial charge on any atom is 0.326 e. The van der Waals surface area contributed by atoms with Crippen LogP contribution in [-0.2, 0) is 32.0 Å². The first-order valence-electron chi connectivity index (χ1n) is 13.6. The molecule has 3 amide bonds. The number of aromatic amines is 2. The van der Waals surface area contributed by atoms with E-state index < -0.39 is 48.4 Å². The molecule has 41 heavy (non-hydrogen) atoms. The lowest BCUT2D eigenvalue weighted by Crippen LogP contribution is -2.54. The summed E-state index contributed by atoms with van der Waals surface area (Å²) in [5, 5.41) is 19.3. The zero-order valence-corrected chi connectivity index (χ0v) is 23.1. The van der Waals surface area contributed by atoms with Gasteiger partial charge in [0, 0.05) is 47.0 Å². The zero-order valence-electron chi connectivity index (χ0n) is 23.1. The summed E-state index contributed by atoms with van der Waals surface area (Å²) < 4.78 is 0. The van der Waals surface area contributed by atoms with E-state index in [-0.39, 0.29) is 18.8 Å². The number of carboxylic acid groups (broad SMARTS) is 1. The van der Waals surface area contributed by atoms with Crippen LogP contribution in [0, 0.1) is 5.92 Å². The van der Waals surface area contributed by atoms with Gasteiger partial charge < -0.3 is 36.8 Å². The topological polar surface area (TPSA) is 182 Å². The van der Waals surface area contributed by atoms with Gasteiger partial charge in [0.2, 0.25) is 17.7 Å². The van der Waals surface area contributed by atoms with Gasteiger partial charge in [0.1, 0.15) is 12.1 Å². The van der Waals surface area contributed by atoms with Gasteiger partial charge in [-0.1, -0.05) is 50.2 Å². The molecule has 3 atom stereocenters. The van der Waals surface area contributed by atoms with Gasteiger partial charge in [0.05, 0.1) is 12.6 Å². The number of carboxylic acids is 1. The van der Waals surface area contributed by atoms with Crippen molar-refractivity contribution in [3.8, 4) is 0 Å². The molecule has 0 fully saturated rings. The van der Waals surface area contributed by atoms with Gasteiger partial charge in [-0.15, -0.1) is 0 Å². The van der Waals surface area contributed by atoms with Crippen molar-refractivity contribution in [1.29, 1.82) is 0 Å². The Bertz CT molecular complexity index is 1540. The van der Waals surface area contributed by atoms with E-state index in [9.17, 15) is 24.3 Å². The number of amides is 3. The molecule has 216 valence electrons. The molecule has 11 heteroatoms. The molecular formula is C30H36N6O5. The van der Waals surface area contributed by atoms with Crippen molar-refractivity contribution in [3.05, 3.63) is 72.1 Å². The molecule has 8 N–H and O–H groups in total. The number of aromatic nitrogens is 2. The molecule has 4 rings (SSSR count). The highest BCUT2D eigenvalue weighted by molar-refractivity contribution is 5.94. The number of carbonyl (C=O) groups is 4. The van der Waals surface area contributed by atoms with Crippen LogP contribution >= 0.6 is 0 Å². The van der Waals surface area contributed by atoms with Crippen LogP contribution in [0.1, 0.15) is 31.4 Å². The number of H-pyrrole nitrogens is 2. The number of aliphatic carboxylic acids is 1. The number of benzene rings is 2. The Kier molecular flexibility index (Phi) is 9.41. The molecule has 0 radical (unpaired) electrons. The van der Waals surface area contributed by atoms with Crippen molar-refractivity contribution in [2.45, 2.75) is 51.2 Å². The van der Waals surface area contributed by atoms with Crippen LogP contribution in [-0.4, -0.2) is 63.4 Å². The quantitative estimate of drug-likeness (QED) is 0.131. The lowest BCUT2D eigenvalue weighted by atomic mass is 10.0. The van der Waals surface area contributed by atoms with Crippen molar-refractivity contribution >= 4 is 45.5 Å². The summed E-state index contributed by atoms with van der Waals surface area (Å²) >= 11 is 0. The molecular weight excluding hydrogens is 524 g/mol. The Morgan fingerprint density at radius 1 is 0.805 bits per heavy atom. The molecule has 2 aromatic heterocycles. The van der Waals surface area contributed by atoms with Crippen molar-refractivity contribution in [3.63, 3.8) is 0 Å². The van der Waals surface area contributed by atoms with Crippen molar-refractivity contribution in [1.82, 2.24) is 25.9 Å². The predicted octanol–water partition coefficient (Wildman–Crippen LogP) is 1.98. The molecule has 0 saturated heterocycles. The third-order valence-corrected chi connectivity index (χ3v) is 6.95. The van der Waals surface area contributed by atoms with E-state index in [0.717, 1.165) is 32.9 Å². The molecule has 0 aliphatic heterocycles. The van der Waals surface area contributed by atoms with Gasteiger partial charge >= 0.3 is 5.97 Å². The normalized spacial score (nSPS) is 13.6. The summed E-state index contributed by atoms with van der Waals surface area (Å²) in [7, 11) is 0. The van der Waals surface area contributed by atoms with Crippen LogP contribution in [0.3, 0.4) is 0 Å².